The largest absolute Gasteiger partial charge is 0.480 e. The second-order valence-corrected chi connectivity index (χ2v) is 5.40. The zero-order valence-electron chi connectivity index (χ0n) is 11.3. The van der Waals surface area contributed by atoms with E-state index in [0.29, 0.717) is 12.8 Å². The van der Waals surface area contributed by atoms with Crippen LogP contribution in [0.25, 0.3) is 0 Å². The number of carbonyl (C=O) groups excluding carboxylic acids is 1. The van der Waals surface area contributed by atoms with Crippen molar-refractivity contribution in [3.8, 4) is 0 Å². The molecule has 1 aliphatic carbocycles. The number of amides is 2. The molecular formula is C12H17F3N2O4. The van der Waals surface area contributed by atoms with Crippen molar-refractivity contribution in [2.45, 2.75) is 43.5 Å². The van der Waals surface area contributed by atoms with Gasteiger partial charge in [-0.2, -0.15) is 13.2 Å². The lowest BCUT2D eigenvalue weighted by Gasteiger charge is -2.33. The SMILES string of the molecule is O=C(O)COC1CCN(C(=O)NC2(C(F)(F)F)CC2)CC1. The van der Waals surface area contributed by atoms with Gasteiger partial charge in [0.2, 0.25) is 0 Å². The molecule has 9 heteroatoms. The molecule has 0 unspecified atom stereocenters. The van der Waals surface area contributed by atoms with Crippen LogP contribution in [0.1, 0.15) is 25.7 Å². The highest BCUT2D eigenvalue weighted by molar-refractivity contribution is 5.76. The maximum atomic E-state index is 12.8. The van der Waals surface area contributed by atoms with Crippen LogP contribution in [0.2, 0.25) is 0 Å². The summed E-state index contributed by atoms with van der Waals surface area (Å²) in [5, 5.41) is 10.6. The molecule has 2 N–H and O–H groups in total. The average Bonchev–Trinajstić information content (AvgIpc) is 3.17. The van der Waals surface area contributed by atoms with Crippen LogP contribution in [0.4, 0.5) is 18.0 Å². The topological polar surface area (TPSA) is 78.9 Å². The predicted molar refractivity (Wildman–Crippen MR) is 64.7 cm³/mol. The van der Waals surface area contributed by atoms with Crippen LogP contribution in [-0.4, -0.2) is 59.5 Å². The van der Waals surface area contributed by atoms with Gasteiger partial charge >= 0.3 is 18.2 Å². The Morgan fingerprint density at radius 2 is 1.86 bits per heavy atom. The quantitative estimate of drug-likeness (QED) is 0.822. The molecule has 0 aromatic heterocycles. The van der Waals surface area contributed by atoms with Crippen molar-refractivity contribution < 1.29 is 32.6 Å². The molecule has 0 aromatic rings. The number of carbonyl (C=O) groups is 2. The molecule has 6 nitrogen and oxygen atoms in total. The zero-order valence-corrected chi connectivity index (χ0v) is 11.3. The summed E-state index contributed by atoms with van der Waals surface area (Å²) in [5.74, 6) is -1.07. The molecule has 0 aromatic carbocycles. The first-order chi connectivity index (χ1) is 9.73. The van der Waals surface area contributed by atoms with Gasteiger partial charge in [-0.15, -0.1) is 0 Å². The van der Waals surface area contributed by atoms with E-state index in [0.717, 1.165) is 0 Å². The van der Waals surface area contributed by atoms with Gasteiger partial charge in [-0.3, -0.25) is 0 Å². The molecule has 2 fully saturated rings. The van der Waals surface area contributed by atoms with Crippen LogP contribution in [0, 0.1) is 0 Å². The number of halogens is 3. The number of carboxylic acid groups (broad SMARTS) is 1. The molecule has 2 rings (SSSR count). The van der Waals surface area contributed by atoms with Gasteiger partial charge in [-0.1, -0.05) is 0 Å². The van der Waals surface area contributed by atoms with E-state index in [4.69, 9.17) is 9.84 Å². The third-order valence-electron chi connectivity index (χ3n) is 3.81. The van der Waals surface area contributed by atoms with Crippen molar-refractivity contribution in [2.75, 3.05) is 19.7 Å². The molecule has 0 bridgehead atoms. The Balaban J connectivity index is 1.77. The van der Waals surface area contributed by atoms with E-state index in [-0.39, 0.29) is 32.0 Å². The predicted octanol–water partition coefficient (Wildman–Crippen LogP) is 1.36. The number of aliphatic carboxylic acids is 1. The maximum absolute atomic E-state index is 12.8. The third-order valence-corrected chi connectivity index (χ3v) is 3.81. The highest BCUT2D eigenvalue weighted by Gasteiger charge is 2.64. The molecule has 21 heavy (non-hydrogen) atoms. The first kappa shape index (κ1) is 15.9. The van der Waals surface area contributed by atoms with E-state index in [1.54, 1.807) is 0 Å². The number of rotatable bonds is 4. The molecule has 1 aliphatic heterocycles. The Kier molecular flexibility index (Phi) is 4.31. The normalized spacial score (nSPS) is 22.0. The van der Waals surface area contributed by atoms with Crippen molar-refractivity contribution in [3.05, 3.63) is 0 Å². The number of likely N-dealkylation sites (tertiary alicyclic amines) is 1. The smallest absolute Gasteiger partial charge is 0.411 e. The van der Waals surface area contributed by atoms with E-state index >= 15 is 0 Å². The van der Waals surface area contributed by atoms with E-state index in [9.17, 15) is 22.8 Å². The van der Waals surface area contributed by atoms with Crippen molar-refractivity contribution in [1.29, 1.82) is 0 Å². The molecule has 1 saturated heterocycles. The number of carboxylic acids is 1. The van der Waals surface area contributed by atoms with E-state index < -0.39 is 30.3 Å². The van der Waals surface area contributed by atoms with E-state index in [2.05, 4.69) is 5.32 Å². The molecule has 1 saturated carbocycles. The van der Waals surface area contributed by atoms with Gasteiger partial charge in [0.25, 0.3) is 0 Å². The fourth-order valence-electron chi connectivity index (χ4n) is 2.30. The van der Waals surface area contributed by atoms with Crippen LogP contribution < -0.4 is 5.32 Å². The van der Waals surface area contributed by atoms with Crippen molar-refractivity contribution >= 4 is 12.0 Å². The zero-order chi connectivity index (χ0) is 15.7. The molecular weight excluding hydrogens is 293 g/mol. The number of piperidine rings is 1. The van der Waals surface area contributed by atoms with Gasteiger partial charge in [0.1, 0.15) is 12.1 Å². The summed E-state index contributed by atoms with van der Waals surface area (Å²) in [5.41, 5.74) is -2.05. The highest BCUT2D eigenvalue weighted by atomic mass is 19.4. The number of ether oxygens (including phenoxy) is 1. The van der Waals surface area contributed by atoms with Gasteiger partial charge in [-0.05, 0) is 25.7 Å². The van der Waals surface area contributed by atoms with Gasteiger partial charge in [0.05, 0.1) is 6.10 Å². The number of urea groups is 1. The third kappa shape index (κ3) is 3.78. The minimum Gasteiger partial charge on any atom is -0.480 e. The summed E-state index contributed by atoms with van der Waals surface area (Å²) < 4.78 is 43.4. The molecule has 2 amide bonds. The van der Waals surface area contributed by atoms with Gasteiger partial charge in [0.15, 0.2) is 0 Å². The molecule has 0 spiro atoms. The van der Waals surface area contributed by atoms with Crippen LogP contribution in [0.5, 0.6) is 0 Å². The fourth-order valence-corrected chi connectivity index (χ4v) is 2.30. The standard InChI is InChI=1S/C12H17F3N2O4/c13-12(14,15)11(3-4-11)16-10(20)17-5-1-8(2-6-17)21-7-9(18)19/h8H,1-7H2,(H,16,20)(H,18,19). The number of hydrogen-bond acceptors (Lipinski definition) is 3. The minimum absolute atomic E-state index is 0.0829. The second-order valence-electron chi connectivity index (χ2n) is 5.40. The molecule has 0 atom stereocenters. The molecule has 0 radical (unpaired) electrons. The van der Waals surface area contributed by atoms with Gasteiger partial charge in [-0.25, -0.2) is 9.59 Å². The lowest BCUT2D eigenvalue weighted by molar-refractivity contribution is -0.163. The summed E-state index contributed by atoms with van der Waals surface area (Å²) in [6, 6.07) is -0.721. The maximum Gasteiger partial charge on any atom is 0.411 e. The summed E-state index contributed by atoms with van der Waals surface area (Å²) in [4.78, 5) is 23.5. The van der Waals surface area contributed by atoms with Crippen molar-refractivity contribution in [2.24, 2.45) is 0 Å². The number of hydrogen-bond donors (Lipinski definition) is 2. The first-order valence-corrected chi connectivity index (χ1v) is 6.71. The summed E-state index contributed by atoms with van der Waals surface area (Å²) in [6.45, 7) is 0.0994. The van der Waals surface area contributed by atoms with Crippen molar-refractivity contribution in [3.63, 3.8) is 0 Å². The lowest BCUT2D eigenvalue weighted by Crippen LogP contribution is -2.54. The van der Waals surface area contributed by atoms with Crippen LogP contribution in [0.3, 0.4) is 0 Å². The average molecular weight is 310 g/mol. The Bertz CT molecular complexity index is 415. The fraction of sp³-hybridized carbons (Fsp3) is 0.833. The summed E-state index contributed by atoms with van der Waals surface area (Å²) in [6.07, 6.45) is -4.03. The Morgan fingerprint density at radius 3 is 2.29 bits per heavy atom. The first-order valence-electron chi connectivity index (χ1n) is 6.71. The van der Waals surface area contributed by atoms with E-state index in [1.165, 1.54) is 4.90 Å². The van der Waals surface area contributed by atoms with Crippen LogP contribution in [0.15, 0.2) is 0 Å². The molecule has 1 heterocycles. The van der Waals surface area contributed by atoms with E-state index in [1.807, 2.05) is 0 Å². The monoisotopic (exact) mass is 310 g/mol. The number of nitrogens with one attached hydrogen (secondary N) is 1. The summed E-state index contributed by atoms with van der Waals surface area (Å²) >= 11 is 0. The van der Waals surface area contributed by atoms with Crippen molar-refractivity contribution in [1.82, 2.24) is 10.2 Å². The Labute approximate surface area is 119 Å². The second kappa shape index (κ2) is 5.70. The number of alkyl halides is 3. The minimum atomic E-state index is -4.43. The highest BCUT2D eigenvalue weighted by Crippen LogP contribution is 2.49. The Morgan fingerprint density at radius 1 is 1.29 bits per heavy atom. The number of nitrogens with zero attached hydrogens (tertiary/aromatic N) is 1. The van der Waals surface area contributed by atoms with Gasteiger partial charge < -0.3 is 20.1 Å². The lowest BCUT2D eigenvalue weighted by atomic mass is 10.1. The van der Waals surface area contributed by atoms with Crippen LogP contribution >= 0.6 is 0 Å². The van der Waals surface area contributed by atoms with Gasteiger partial charge in [0, 0.05) is 13.1 Å². The molecule has 120 valence electrons. The molecule has 2 aliphatic rings. The Hall–Kier alpha value is -1.51. The summed E-state index contributed by atoms with van der Waals surface area (Å²) in [7, 11) is 0. The van der Waals surface area contributed by atoms with Crippen LogP contribution in [-0.2, 0) is 9.53 Å².